The minimum Gasteiger partial charge on any atom is -0.458 e. The number of hydrogen-bond acceptors (Lipinski definition) is 3. The van der Waals surface area contributed by atoms with Gasteiger partial charge in [-0.15, -0.1) is 0 Å². The van der Waals surface area contributed by atoms with Crippen molar-refractivity contribution in [2.24, 2.45) is 5.84 Å². The first-order chi connectivity index (χ1) is 10.1. The van der Waals surface area contributed by atoms with E-state index in [1.807, 2.05) is 24.3 Å². The summed E-state index contributed by atoms with van der Waals surface area (Å²) < 4.78 is 33.0. The lowest BCUT2D eigenvalue weighted by Crippen LogP contribution is -2.28. The fourth-order valence-corrected chi connectivity index (χ4v) is 2.69. The number of hydrogen-bond donors (Lipinski definition) is 2. The molecule has 0 aliphatic carbocycles. The molecule has 0 aliphatic heterocycles. The highest BCUT2D eigenvalue weighted by Crippen LogP contribution is 2.32. The van der Waals surface area contributed by atoms with E-state index >= 15 is 0 Å². The molecule has 1 atom stereocenters. The van der Waals surface area contributed by atoms with Crippen LogP contribution in [-0.2, 0) is 0 Å². The van der Waals surface area contributed by atoms with Crippen molar-refractivity contribution in [3.05, 3.63) is 69.9 Å². The monoisotopic (exact) mass is 352 g/mol. The summed E-state index contributed by atoms with van der Waals surface area (Å²) in [6, 6.07) is 10.5. The van der Waals surface area contributed by atoms with Crippen LogP contribution in [0.2, 0.25) is 0 Å². The van der Waals surface area contributed by atoms with Crippen LogP contribution >= 0.6 is 15.9 Å². The van der Waals surface area contributed by atoms with Crippen LogP contribution < -0.4 is 11.3 Å². The van der Waals surface area contributed by atoms with E-state index in [2.05, 4.69) is 21.4 Å². The Bertz CT molecular complexity index is 803. The number of nitrogens with one attached hydrogen (secondary N) is 1. The van der Waals surface area contributed by atoms with Crippen LogP contribution in [0.3, 0.4) is 0 Å². The highest BCUT2D eigenvalue weighted by molar-refractivity contribution is 9.10. The molecule has 1 heterocycles. The number of hydrazine groups is 1. The minimum atomic E-state index is -0.926. The molecule has 0 spiro atoms. The average molecular weight is 353 g/mol. The van der Waals surface area contributed by atoms with Crippen LogP contribution in [0.5, 0.6) is 0 Å². The summed E-state index contributed by atoms with van der Waals surface area (Å²) in [5.41, 5.74) is 3.72. The van der Waals surface area contributed by atoms with Gasteiger partial charge in [-0.3, -0.25) is 5.84 Å². The summed E-state index contributed by atoms with van der Waals surface area (Å²) in [4.78, 5) is 0. The molecule has 0 amide bonds. The molecule has 6 heteroatoms. The van der Waals surface area contributed by atoms with Crippen molar-refractivity contribution >= 4 is 26.9 Å². The van der Waals surface area contributed by atoms with E-state index in [4.69, 9.17) is 10.3 Å². The van der Waals surface area contributed by atoms with Crippen molar-refractivity contribution in [2.75, 3.05) is 0 Å². The van der Waals surface area contributed by atoms with Crippen LogP contribution in [-0.4, -0.2) is 0 Å². The van der Waals surface area contributed by atoms with E-state index < -0.39 is 17.7 Å². The number of furan rings is 1. The van der Waals surface area contributed by atoms with Crippen molar-refractivity contribution < 1.29 is 13.2 Å². The Kier molecular flexibility index (Phi) is 3.75. The van der Waals surface area contributed by atoms with Gasteiger partial charge in [-0.1, -0.05) is 18.2 Å². The molecule has 21 heavy (non-hydrogen) atoms. The fraction of sp³-hybridized carbons (Fsp3) is 0.0667. The van der Waals surface area contributed by atoms with E-state index in [0.717, 1.165) is 22.0 Å². The van der Waals surface area contributed by atoms with E-state index in [0.29, 0.717) is 16.9 Å². The van der Waals surface area contributed by atoms with Crippen molar-refractivity contribution in [1.29, 1.82) is 0 Å². The van der Waals surface area contributed by atoms with Crippen molar-refractivity contribution in [1.82, 2.24) is 5.43 Å². The normalized spacial score (nSPS) is 12.8. The molecule has 108 valence electrons. The van der Waals surface area contributed by atoms with Crippen molar-refractivity contribution in [2.45, 2.75) is 6.04 Å². The average Bonchev–Trinajstić information content (AvgIpc) is 2.89. The Balaban J connectivity index is 2.09. The van der Waals surface area contributed by atoms with Crippen LogP contribution in [0.25, 0.3) is 11.0 Å². The lowest BCUT2D eigenvalue weighted by atomic mass is 10.0. The summed E-state index contributed by atoms with van der Waals surface area (Å²) >= 11 is 3.40. The molecule has 2 aromatic carbocycles. The molecule has 3 nitrogen and oxygen atoms in total. The lowest BCUT2D eigenvalue weighted by molar-refractivity contribution is 0.469. The van der Waals surface area contributed by atoms with Crippen LogP contribution in [0.15, 0.2) is 51.4 Å². The zero-order valence-electron chi connectivity index (χ0n) is 10.7. The van der Waals surface area contributed by atoms with Gasteiger partial charge >= 0.3 is 0 Å². The Morgan fingerprint density at radius 1 is 1.10 bits per heavy atom. The Morgan fingerprint density at radius 3 is 2.57 bits per heavy atom. The maximum Gasteiger partial charge on any atom is 0.159 e. The first-order valence-corrected chi connectivity index (χ1v) is 6.98. The molecule has 0 radical (unpaired) electrons. The Hall–Kier alpha value is -1.76. The van der Waals surface area contributed by atoms with Crippen LogP contribution in [0.4, 0.5) is 8.78 Å². The zero-order valence-corrected chi connectivity index (χ0v) is 12.3. The van der Waals surface area contributed by atoms with E-state index in [9.17, 15) is 8.78 Å². The third-order valence-corrected chi connectivity index (χ3v) is 3.87. The highest BCUT2D eigenvalue weighted by Gasteiger charge is 2.19. The van der Waals surface area contributed by atoms with Gasteiger partial charge in [0, 0.05) is 5.39 Å². The first-order valence-electron chi connectivity index (χ1n) is 6.19. The van der Waals surface area contributed by atoms with Gasteiger partial charge in [0.2, 0.25) is 0 Å². The highest BCUT2D eigenvalue weighted by atomic mass is 79.9. The lowest BCUT2D eigenvalue weighted by Gasteiger charge is -2.13. The Labute approximate surface area is 127 Å². The van der Waals surface area contributed by atoms with E-state index in [-0.39, 0.29) is 0 Å². The van der Waals surface area contributed by atoms with Gasteiger partial charge in [0.25, 0.3) is 0 Å². The summed E-state index contributed by atoms with van der Waals surface area (Å²) in [7, 11) is 0. The molecule has 3 aromatic rings. The Morgan fingerprint density at radius 2 is 1.90 bits per heavy atom. The number of rotatable bonds is 3. The second-order valence-corrected chi connectivity index (χ2v) is 5.43. The van der Waals surface area contributed by atoms with Gasteiger partial charge in [-0.25, -0.2) is 14.2 Å². The number of nitrogens with two attached hydrogens (primary N) is 1. The molecule has 0 bridgehead atoms. The standard InChI is InChI=1S/C15H11BrF2N2O/c16-10-3-1-2-9-7-13(21-15(9)10)14(20-19)8-4-5-11(17)12(18)6-8/h1-7,14,20H,19H2. The van der Waals surface area contributed by atoms with Crippen molar-refractivity contribution in [3.63, 3.8) is 0 Å². The van der Waals surface area contributed by atoms with Gasteiger partial charge in [0.1, 0.15) is 17.4 Å². The molecular formula is C15H11BrF2N2O. The molecule has 0 fully saturated rings. The number of fused-ring (bicyclic) bond motifs is 1. The molecule has 0 saturated carbocycles. The third-order valence-electron chi connectivity index (χ3n) is 3.24. The quantitative estimate of drug-likeness (QED) is 0.552. The molecule has 3 rings (SSSR count). The van der Waals surface area contributed by atoms with E-state index in [1.54, 1.807) is 0 Å². The van der Waals surface area contributed by atoms with Gasteiger partial charge in [-0.2, -0.15) is 0 Å². The summed E-state index contributed by atoms with van der Waals surface area (Å²) in [6.07, 6.45) is 0. The van der Waals surface area contributed by atoms with Gasteiger partial charge in [-0.05, 0) is 45.8 Å². The minimum absolute atomic E-state index is 0.478. The van der Waals surface area contributed by atoms with Gasteiger partial charge in [0.05, 0.1) is 4.47 Å². The molecule has 0 saturated heterocycles. The summed E-state index contributed by atoms with van der Waals surface area (Å²) in [5.74, 6) is 4.24. The second kappa shape index (κ2) is 5.55. The van der Waals surface area contributed by atoms with Crippen LogP contribution in [0.1, 0.15) is 17.4 Å². The van der Waals surface area contributed by atoms with Crippen molar-refractivity contribution in [3.8, 4) is 0 Å². The summed E-state index contributed by atoms with van der Waals surface area (Å²) in [5, 5.41) is 0.891. The number of benzene rings is 2. The largest absolute Gasteiger partial charge is 0.458 e. The predicted molar refractivity (Wildman–Crippen MR) is 79.4 cm³/mol. The number of halogens is 3. The molecule has 1 unspecified atom stereocenters. The van der Waals surface area contributed by atoms with Gasteiger partial charge < -0.3 is 4.42 Å². The second-order valence-electron chi connectivity index (χ2n) is 4.58. The molecular weight excluding hydrogens is 342 g/mol. The van der Waals surface area contributed by atoms with Crippen LogP contribution in [0, 0.1) is 11.6 Å². The number of para-hydroxylation sites is 1. The molecule has 3 N–H and O–H groups in total. The van der Waals surface area contributed by atoms with E-state index in [1.165, 1.54) is 6.07 Å². The maximum atomic E-state index is 13.4. The van der Waals surface area contributed by atoms with Gasteiger partial charge in [0.15, 0.2) is 11.6 Å². The smallest absolute Gasteiger partial charge is 0.159 e. The first kappa shape index (κ1) is 14.2. The summed E-state index contributed by atoms with van der Waals surface area (Å²) in [6.45, 7) is 0. The SMILES string of the molecule is NNC(c1ccc(F)c(F)c1)c1cc2cccc(Br)c2o1. The molecule has 0 aliphatic rings. The third kappa shape index (κ3) is 2.57. The zero-order chi connectivity index (χ0) is 15.0. The predicted octanol–water partition coefficient (Wildman–Crippen LogP) is 4.03. The molecule has 1 aromatic heterocycles. The fourth-order valence-electron chi connectivity index (χ4n) is 2.22. The maximum absolute atomic E-state index is 13.4. The topological polar surface area (TPSA) is 51.2 Å².